The van der Waals surface area contributed by atoms with Gasteiger partial charge in [0.2, 0.25) is 5.76 Å². The van der Waals surface area contributed by atoms with Gasteiger partial charge in [0, 0.05) is 0 Å². The average molecular weight is 810 g/mol. The summed E-state index contributed by atoms with van der Waals surface area (Å²) in [7, 11) is -4.55. The van der Waals surface area contributed by atoms with E-state index >= 15 is 0 Å². The number of carbonyl (C=O) groups is 1. The van der Waals surface area contributed by atoms with E-state index in [0.29, 0.717) is 11.1 Å². The topological polar surface area (TPSA) is 128 Å². The second-order valence-corrected chi connectivity index (χ2v) is 14.0. The highest BCUT2D eigenvalue weighted by Crippen LogP contribution is 2.53. The summed E-state index contributed by atoms with van der Waals surface area (Å²) in [4.78, 5) is 13.4. The molecule has 4 aromatic rings. The second-order valence-electron chi connectivity index (χ2n) is 11.5. The van der Waals surface area contributed by atoms with E-state index in [1.165, 1.54) is 12.1 Å². The molecule has 0 radical (unpaired) electrons. The maximum atomic E-state index is 14.9. The molecule has 5 rings (SSSR count). The van der Waals surface area contributed by atoms with Gasteiger partial charge in [-0.2, -0.15) is 0 Å². The van der Waals surface area contributed by atoms with Gasteiger partial charge in [-0.1, -0.05) is 83.9 Å². The zero-order valence-electron chi connectivity index (χ0n) is 29.2. The summed E-state index contributed by atoms with van der Waals surface area (Å²) < 4.78 is 89.0. The van der Waals surface area contributed by atoms with E-state index in [9.17, 15) is 23.2 Å². The van der Waals surface area contributed by atoms with E-state index in [2.05, 4.69) is 0 Å². The molecule has 288 valence electrons. The monoisotopic (exact) mass is 808 g/mol. The van der Waals surface area contributed by atoms with E-state index in [-0.39, 0.29) is 64.9 Å². The number of aliphatic hydroxyl groups excluding tert-OH is 1. The number of ether oxygens (including phenoxy) is 5. The van der Waals surface area contributed by atoms with Crippen molar-refractivity contribution >= 4 is 37.0 Å². The summed E-state index contributed by atoms with van der Waals surface area (Å²) in [6, 6.07) is 22.6. The van der Waals surface area contributed by atoms with Crippen LogP contribution in [-0.2, 0) is 63.6 Å². The summed E-state index contributed by atoms with van der Waals surface area (Å²) in [6.07, 6.45) is -3.20. The van der Waals surface area contributed by atoms with Crippen molar-refractivity contribution in [3.63, 3.8) is 0 Å². The van der Waals surface area contributed by atoms with Crippen LogP contribution in [0.5, 0.6) is 11.5 Å². The van der Waals surface area contributed by atoms with Crippen LogP contribution in [0.25, 0.3) is 0 Å². The van der Waals surface area contributed by atoms with Gasteiger partial charge in [-0.25, -0.2) is 18.1 Å². The standard InChI is InChI=1S/C38H37Cl2F2O11P/c1-3-46-33-28(39)15-26(17-30(33)41)20-48-36-35(52-38(44)37(36)49-21-27-16-29(40)34(47-4-2)31(42)18-27)32(19-43)53-54(45,50-22-24-11-7-5-8-12-24)51-23-25-13-9-6-10-14-25/h5-18,32,35,43H,3-4,19-23H2,1-2H3/t32-,35+/m0/s1. The summed E-state index contributed by atoms with van der Waals surface area (Å²) >= 11 is 12.5. The van der Waals surface area contributed by atoms with Crippen molar-refractivity contribution in [2.45, 2.75) is 52.5 Å². The molecule has 1 aliphatic heterocycles. The highest BCUT2D eigenvalue weighted by Gasteiger charge is 2.46. The molecule has 2 atom stereocenters. The fourth-order valence-corrected chi connectivity index (χ4v) is 7.04. The van der Waals surface area contributed by atoms with Crippen LogP contribution >= 0.6 is 31.0 Å². The van der Waals surface area contributed by atoms with Gasteiger partial charge >= 0.3 is 13.8 Å². The van der Waals surface area contributed by atoms with Gasteiger partial charge in [-0.15, -0.1) is 0 Å². The molecule has 0 aromatic heterocycles. The minimum absolute atomic E-state index is 0.0299. The number of phosphoric acid groups is 1. The maximum absolute atomic E-state index is 14.9. The third-order valence-corrected chi connectivity index (χ3v) is 9.60. The molecule has 0 saturated carbocycles. The van der Waals surface area contributed by atoms with Gasteiger partial charge in [-0.05, 0) is 60.4 Å². The number of hydrogen-bond donors (Lipinski definition) is 1. The van der Waals surface area contributed by atoms with Crippen LogP contribution in [-0.4, -0.2) is 43.1 Å². The van der Waals surface area contributed by atoms with Gasteiger partial charge in [0.05, 0.1) is 43.1 Å². The molecule has 1 N–H and O–H groups in total. The molecule has 0 aliphatic carbocycles. The molecule has 11 nitrogen and oxygen atoms in total. The Hall–Kier alpha value is -4.20. The van der Waals surface area contributed by atoms with E-state index < -0.39 is 63.2 Å². The Kier molecular flexibility index (Phi) is 14.7. The lowest BCUT2D eigenvalue weighted by molar-refractivity contribution is -0.148. The zero-order chi connectivity index (χ0) is 38.7. The number of halogens is 4. The lowest BCUT2D eigenvalue weighted by Gasteiger charge is -2.27. The molecule has 0 saturated heterocycles. The molecule has 0 unspecified atom stereocenters. The number of rotatable bonds is 20. The molecule has 54 heavy (non-hydrogen) atoms. The fourth-order valence-electron chi connectivity index (χ4n) is 5.15. The van der Waals surface area contributed by atoms with Gasteiger partial charge < -0.3 is 28.8 Å². The molecule has 4 aromatic carbocycles. The fraction of sp³-hybridized carbons (Fsp3) is 0.289. The Bertz CT molecular complexity index is 1870. The predicted octanol–water partition coefficient (Wildman–Crippen LogP) is 8.86. The van der Waals surface area contributed by atoms with Gasteiger partial charge in [0.1, 0.15) is 19.3 Å². The lowest BCUT2D eigenvalue weighted by atomic mass is 10.1. The van der Waals surface area contributed by atoms with Crippen LogP contribution in [0.4, 0.5) is 8.78 Å². The molecular weight excluding hydrogens is 772 g/mol. The number of esters is 1. The number of benzene rings is 4. The van der Waals surface area contributed by atoms with Crippen LogP contribution < -0.4 is 9.47 Å². The molecule has 0 spiro atoms. The first kappa shape index (κ1) is 41.0. The molecule has 0 amide bonds. The Balaban J connectivity index is 1.45. The Morgan fingerprint density at radius 1 is 0.722 bits per heavy atom. The molecule has 1 heterocycles. The summed E-state index contributed by atoms with van der Waals surface area (Å²) in [5.41, 5.74) is 1.72. The van der Waals surface area contributed by atoms with E-state index in [4.69, 9.17) is 60.5 Å². The number of carbonyl (C=O) groups excluding carboxylic acids is 1. The van der Waals surface area contributed by atoms with Crippen molar-refractivity contribution < 1.29 is 60.5 Å². The van der Waals surface area contributed by atoms with Gasteiger partial charge in [0.25, 0.3) is 0 Å². The van der Waals surface area contributed by atoms with Crippen molar-refractivity contribution in [2.75, 3.05) is 19.8 Å². The SMILES string of the molecule is CCOc1c(F)cc(COC2=C(OCc3cc(F)c(OCC)c(Cl)c3)[C@@H]([C@H](CO)OP(=O)(OCc3ccccc3)OCc3ccccc3)OC2=O)cc1Cl. The lowest BCUT2D eigenvalue weighted by Crippen LogP contribution is -2.35. The number of cyclic esters (lactones) is 1. The van der Waals surface area contributed by atoms with Crippen molar-refractivity contribution in [2.24, 2.45) is 0 Å². The van der Waals surface area contributed by atoms with E-state index in [1.54, 1.807) is 74.5 Å². The summed E-state index contributed by atoms with van der Waals surface area (Å²) in [5, 5.41) is 10.5. The minimum Gasteiger partial charge on any atom is -0.489 e. The van der Waals surface area contributed by atoms with Crippen LogP contribution in [0.15, 0.2) is 96.4 Å². The first-order valence-corrected chi connectivity index (χ1v) is 18.9. The van der Waals surface area contributed by atoms with Crippen molar-refractivity contribution in [1.82, 2.24) is 0 Å². The van der Waals surface area contributed by atoms with Crippen molar-refractivity contribution in [3.8, 4) is 11.5 Å². The molecular formula is C38H37Cl2F2O11P. The molecule has 1 aliphatic rings. The third kappa shape index (κ3) is 10.7. The number of aliphatic hydroxyl groups is 1. The van der Waals surface area contributed by atoms with E-state index in [1.807, 2.05) is 0 Å². The Morgan fingerprint density at radius 3 is 1.65 bits per heavy atom. The van der Waals surface area contributed by atoms with Gasteiger partial charge in [0.15, 0.2) is 35.0 Å². The highest BCUT2D eigenvalue weighted by atomic mass is 35.5. The Morgan fingerprint density at radius 2 is 1.20 bits per heavy atom. The predicted molar refractivity (Wildman–Crippen MR) is 194 cm³/mol. The second kappa shape index (κ2) is 19.4. The zero-order valence-corrected chi connectivity index (χ0v) is 31.6. The maximum Gasteiger partial charge on any atom is 0.475 e. The van der Waals surface area contributed by atoms with Gasteiger partial charge in [-0.3, -0.25) is 13.6 Å². The summed E-state index contributed by atoms with van der Waals surface area (Å²) in [6.45, 7) is 1.61. The van der Waals surface area contributed by atoms with Crippen LogP contribution in [0, 0.1) is 11.6 Å². The largest absolute Gasteiger partial charge is 0.489 e. The molecule has 0 bridgehead atoms. The quantitative estimate of drug-likeness (QED) is 0.0680. The van der Waals surface area contributed by atoms with Crippen molar-refractivity contribution in [1.29, 1.82) is 0 Å². The third-order valence-electron chi connectivity index (χ3n) is 7.62. The smallest absolute Gasteiger partial charge is 0.475 e. The van der Waals surface area contributed by atoms with Crippen LogP contribution in [0.2, 0.25) is 10.0 Å². The Labute approximate surface area is 320 Å². The molecule has 16 heteroatoms. The first-order valence-electron chi connectivity index (χ1n) is 16.7. The number of phosphoric ester groups is 1. The highest BCUT2D eigenvalue weighted by molar-refractivity contribution is 7.48. The number of hydrogen-bond acceptors (Lipinski definition) is 11. The van der Waals surface area contributed by atoms with E-state index in [0.717, 1.165) is 12.1 Å². The van der Waals surface area contributed by atoms with Crippen LogP contribution in [0.1, 0.15) is 36.1 Å². The minimum atomic E-state index is -4.55. The molecule has 0 fully saturated rings. The van der Waals surface area contributed by atoms with Crippen LogP contribution in [0.3, 0.4) is 0 Å². The average Bonchev–Trinajstić information content (AvgIpc) is 3.48. The normalized spacial score (nSPS) is 14.9. The first-order chi connectivity index (χ1) is 26.0. The summed E-state index contributed by atoms with van der Waals surface area (Å²) in [5.74, 6) is -3.69. The van der Waals surface area contributed by atoms with Crippen molar-refractivity contribution in [3.05, 3.63) is 140 Å².